The zero-order valence-corrected chi connectivity index (χ0v) is 31.8. The fourth-order valence-corrected chi connectivity index (χ4v) is 7.10. The van der Waals surface area contributed by atoms with E-state index in [1.54, 1.807) is 18.7 Å². The molecule has 4 aromatic heterocycles. The normalized spacial score (nSPS) is 14.7. The summed E-state index contributed by atoms with van der Waals surface area (Å²) >= 11 is 0. The van der Waals surface area contributed by atoms with Crippen molar-refractivity contribution in [3.8, 4) is 11.4 Å². The molecule has 6 heterocycles. The van der Waals surface area contributed by atoms with Gasteiger partial charge < -0.3 is 25.2 Å². The summed E-state index contributed by atoms with van der Waals surface area (Å²) in [5, 5.41) is 35.4. The third kappa shape index (κ3) is 9.43. The number of carbonyl (C=O) groups is 2. The van der Waals surface area contributed by atoms with Crippen molar-refractivity contribution in [3.05, 3.63) is 191 Å². The Kier molecular flexibility index (Phi) is 12.8. The van der Waals surface area contributed by atoms with E-state index < -0.39 is 5.97 Å². The van der Waals surface area contributed by atoms with Crippen LogP contribution in [0.2, 0.25) is 0 Å². The highest BCUT2D eigenvalue weighted by atomic mass is 16.5. The fraction of sp³-hybridized carbons (Fsp3) is 0.200. The molecule has 0 spiro atoms. The molecule has 1 amide bonds. The summed E-state index contributed by atoms with van der Waals surface area (Å²) in [6, 6.07) is 38.9. The molecular formula is C45H44N10O5. The molecule has 8 aromatic rings. The van der Waals surface area contributed by atoms with Gasteiger partial charge in [0.15, 0.2) is 23.0 Å². The van der Waals surface area contributed by atoms with Gasteiger partial charge in [-0.3, -0.25) is 13.9 Å². The maximum absolute atomic E-state index is 12.8. The van der Waals surface area contributed by atoms with Crippen molar-refractivity contribution in [2.24, 2.45) is 5.73 Å². The molecule has 60 heavy (non-hydrogen) atoms. The van der Waals surface area contributed by atoms with Gasteiger partial charge in [-0.15, -0.1) is 20.4 Å². The van der Waals surface area contributed by atoms with Crippen LogP contribution in [-0.4, -0.2) is 56.8 Å². The third-order valence-electron chi connectivity index (χ3n) is 10.0. The number of nitrogens with two attached hydrogens (primary N) is 1. The van der Waals surface area contributed by atoms with Gasteiger partial charge in [-0.25, -0.2) is 4.79 Å². The minimum absolute atomic E-state index is 0. The third-order valence-corrected chi connectivity index (χ3v) is 10.0. The van der Waals surface area contributed by atoms with Crippen LogP contribution in [0.1, 0.15) is 98.8 Å². The van der Waals surface area contributed by atoms with E-state index in [0.29, 0.717) is 24.4 Å². The number of nitrogens with one attached hydrogen (secondary N) is 1. The van der Waals surface area contributed by atoms with Gasteiger partial charge in [0.25, 0.3) is 5.91 Å². The molecule has 0 saturated carbocycles. The Morgan fingerprint density at radius 3 is 1.72 bits per heavy atom. The summed E-state index contributed by atoms with van der Waals surface area (Å²) in [6.07, 6.45) is 8.07. The first-order valence-electron chi connectivity index (χ1n) is 19.1. The first kappa shape index (κ1) is 40.7. The predicted octanol–water partition coefficient (Wildman–Crippen LogP) is 7.08. The maximum atomic E-state index is 12.8. The van der Waals surface area contributed by atoms with Gasteiger partial charge in [0.1, 0.15) is 24.2 Å². The summed E-state index contributed by atoms with van der Waals surface area (Å²) in [6.45, 7) is 0. The van der Waals surface area contributed by atoms with Crippen molar-refractivity contribution in [1.82, 2.24) is 45.2 Å². The first-order valence-corrected chi connectivity index (χ1v) is 19.1. The number of aromatic nitrogens is 8. The van der Waals surface area contributed by atoms with Gasteiger partial charge in [-0.05, 0) is 60.1 Å². The number of rotatable bonds is 7. The molecule has 2 aliphatic heterocycles. The van der Waals surface area contributed by atoms with Crippen LogP contribution in [-0.2, 0) is 25.7 Å². The van der Waals surface area contributed by atoms with Gasteiger partial charge in [0, 0.05) is 25.0 Å². The van der Waals surface area contributed by atoms with E-state index in [-0.39, 0.29) is 36.8 Å². The number of hydrogen-bond donors (Lipinski definition) is 3. The Morgan fingerprint density at radius 2 is 1.15 bits per heavy atom. The van der Waals surface area contributed by atoms with Crippen LogP contribution in [0.25, 0.3) is 11.4 Å². The van der Waals surface area contributed by atoms with Crippen molar-refractivity contribution < 1.29 is 23.7 Å². The standard InChI is InChI=1S/C22H19N5O2.C11H12N4.C11H9NO3.CH4/c28-22(19-13-17(29-26-19)12-15-6-2-1-3-7-15)24-18-11-10-16-8-4-5-9-20(16)27-14-23-25-21(18)27;12-9-6-5-8-3-1-2-4-10(8)15-7-13-14-11(9)15;13-11(14)10-7-9(15-12-10)6-8-4-2-1-3-5-8;/h1-9,13-14,18H,10-12H2,(H,24,28);1-4,7,9H,5-6,12H2;1-5,7H,6H2,(H,13,14);1H4/t18-;9-;;/m00../s1. The number of aromatic carboxylic acids is 1. The van der Waals surface area contributed by atoms with Crippen LogP contribution in [0, 0.1) is 0 Å². The number of nitrogens with zero attached hydrogens (tertiary/aromatic N) is 8. The molecule has 4 aromatic carbocycles. The molecule has 15 heteroatoms. The van der Waals surface area contributed by atoms with Gasteiger partial charge in [-0.1, -0.05) is 115 Å². The summed E-state index contributed by atoms with van der Waals surface area (Å²) < 4.78 is 14.2. The molecule has 2 atom stereocenters. The van der Waals surface area contributed by atoms with Crippen molar-refractivity contribution >= 4 is 11.9 Å². The van der Waals surface area contributed by atoms with Crippen molar-refractivity contribution in [2.45, 2.75) is 58.0 Å². The zero-order valence-electron chi connectivity index (χ0n) is 31.8. The van der Waals surface area contributed by atoms with Gasteiger partial charge in [0.05, 0.1) is 23.5 Å². The smallest absolute Gasteiger partial charge is 0.358 e. The number of carboxylic acid groups (broad SMARTS) is 1. The molecular weight excluding hydrogens is 761 g/mol. The van der Waals surface area contributed by atoms with Crippen LogP contribution < -0.4 is 11.1 Å². The number of amides is 1. The summed E-state index contributed by atoms with van der Waals surface area (Å²) in [5.41, 5.74) is 13.1. The lowest BCUT2D eigenvalue weighted by Crippen LogP contribution is -2.30. The zero-order chi connectivity index (χ0) is 40.6. The van der Waals surface area contributed by atoms with Crippen LogP contribution in [0.15, 0.2) is 143 Å². The molecule has 0 radical (unpaired) electrons. The topological polar surface area (TPSA) is 206 Å². The Labute approximate surface area is 345 Å². The Hall–Kier alpha value is -7.52. The number of para-hydroxylation sites is 2. The van der Waals surface area contributed by atoms with Crippen molar-refractivity contribution in [2.75, 3.05) is 0 Å². The second-order valence-corrected chi connectivity index (χ2v) is 14.1. The SMILES string of the molecule is C.N[C@H]1CCc2ccccc2-n2cnnc21.O=C(N[C@H]1CCc2ccccc2-n2cnnc21)c1cc(Cc2ccccc2)on1.O=C(O)c1cc(Cc2ccccc2)on1. The average Bonchev–Trinajstić information content (AvgIpc) is 4.10. The fourth-order valence-electron chi connectivity index (χ4n) is 7.10. The highest BCUT2D eigenvalue weighted by Gasteiger charge is 2.27. The second-order valence-electron chi connectivity index (χ2n) is 14.1. The van der Waals surface area contributed by atoms with E-state index in [0.717, 1.165) is 59.8 Å². The number of fused-ring (bicyclic) bond motifs is 6. The molecule has 10 rings (SSSR count). The van der Waals surface area contributed by atoms with Crippen LogP contribution >= 0.6 is 0 Å². The monoisotopic (exact) mass is 804 g/mol. The average molecular weight is 805 g/mol. The molecule has 4 N–H and O–H groups in total. The molecule has 0 fully saturated rings. The number of hydrogen-bond acceptors (Lipinski definition) is 11. The second kappa shape index (κ2) is 18.8. The lowest BCUT2D eigenvalue weighted by Gasteiger charge is -2.14. The highest BCUT2D eigenvalue weighted by Crippen LogP contribution is 2.29. The van der Waals surface area contributed by atoms with Gasteiger partial charge >= 0.3 is 5.97 Å². The predicted molar refractivity (Wildman–Crippen MR) is 222 cm³/mol. The molecule has 0 aliphatic carbocycles. The number of benzene rings is 4. The number of carboxylic acids is 1. The van der Waals surface area contributed by atoms with E-state index in [1.807, 2.05) is 94.1 Å². The van der Waals surface area contributed by atoms with E-state index in [1.165, 1.54) is 17.2 Å². The number of aryl methyl sites for hydroxylation is 2. The molecule has 0 bridgehead atoms. The summed E-state index contributed by atoms with van der Waals surface area (Å²) in [4.78, 5) is 23.3. The van der Waals surface area contributed by atoms with Crippen LogP contribution in [0.4, 0.5) is 0 Å². The van der Waals surface area contributed by atoms with E-state index >= 15 is 0 Å². The van der Waals surface area contributed by atoms with Crippen LogP contribution in [0.3, 0.4) is 0 Å². The minimum Gasteiger partial charge on any atom is -0.476 e. The molecule has 2 aliphatic rings. The lowest BCUT2D eigenvalue weighted by molar-refractivity contribution is 0.0685. The number of carbonyl (C=O) groups excluding carboxylic acids is 1. The Balaban J connectivity index is 0.000000148. The van der Waals surface area contributed by atoms with Crippen LogP contribution in [0.5, 0.6) is 0 Å². The molecule has 0 unspecified atom stereocenters. The molecule has 15 nitrogen and oxygen atoms in total. The molecule has 0 saturated heterocycles. The Morgan fingerprint density at radius 1 is 0.667 bits per heavy atom. The Bertz CT molecular complexity index is 2650. The summed E-state index contributed by atoms with van der Waals surface area (Å²) in [5.74, 6) is 1.43. The first-order chi connectivity index (χ1) is 28.9. The van der Waals surface area contributed by atoms with E-state index in [2.05, 4.69) is 60.3 Å². The van der Waals surface area contributed by atoms with E-state index in [4.69, 9.17) is 19.9 Å². The lowest BCUT2D eigenvalue weighted by atomic mass is 10.1. The molecule has 304 valence electrons. The van der Waals surface area contributed by atoms with Gasteiger partial charge in [-0.2, -0.15) is 0 Å². The van der Waals surface area contributed by atoms with Crippen molar-refractivity contribution in [3.63, 3.8) is 0 Å². The minimum atomic E-state index is -1.07. The quantitative estimate of drug-likeness (QED) is 0.148. The van der Waals surface area contributed by atoms with Crippen molar-refractivity contribution in [1.29, 1.82) is 0 Å². The largest absolute Gasteiger partial charge is 0.476 e. The van der Waals surface area contributed by atoms with Gasteiger partial charge in [0.2, 0.25) is 0 Å². The maximum Gasteiger partial charge on any atom is 0.358 e. The van der Waals surface area contributed by atoms with E-state index in [9.17, 15) is 9.59 Å². The highest BCUT2D eigenvalue weighted by molar-refractivity contribution is 5.92. The summed E-state index contributed by atoms with van der Waals surface area (Å²) in [7, 11) is 0.